The largest absolute Gasteiger partial charge is 0.335 e. The molecule has 1 heterocycles. The Balaban J connectivity index is 1.37. The lowest BCUT2D eigenvalue weighted by Gasteiger charge is -2.32. The van der Waals surface area contributed by atoms with Gasteiger partial charge in [0.2, 0.25) is 0 Å². The Bertz CT molecular complexity index is 717. The number of urea groups is 1. The molecular weight excluding hydrogens is 322 g/mol. The van der Waals surface area contributed by atoms with Crippen LogP contribution < -0.4 is 10.6 Å². The molecule has 1 fully saturated rings. The van der Waals surface area contributed by atoms with Crippen molar-refractivity contribution in [2.75, 3.05) is 13.1 Å². The van der Waals surface area contributed by atoms with E-state index in [0.29, 0.717) is 0 Å². The molecule has 0 atom stereocenters. The number of benzene rings is 2. The molecule has 0 bridgehead atoms. The summed E-state index contributed by atoms with van der Waals surface area (Å²) in [6, 6.07) is 18.8. The Morgan fingerprint density at radius 3 is 2.46 bits per heavy atom. The van der Waals surface area contributed by atoms with Crippen molar-refractivity contribution in [3.63, 3.8) is 0 Å². The predicted octanol–water partition coefficient (Wildman–Crippen LogP) is 3.93. The molecule has 0 aliphatic carbocycles. The summed E-state index contributed by atoms with van der Waals surface area (Å²) in [5, 5.41) is 5.87. The molecular formula is C22H27N3O. The molecule has 0 saturated carbocycles. The number of carbonyl (C=O) groups excluding carboxylic acids is 1. The first-order chi connectivity index (χ1) is 12.7. The lowest BCUT2D eigenvalue weighted by Crippen LogP contribution is -2.46. The Morgan fingerprint density at radius 2 is 1.77 bits per heavy atom. The third-order valence-electron chi connectivity index (χ3n) is 4.74. The second-order valence-electron chi connectivity index (χ2n) is 6.90. The van der Waals surface area contributed by atoms with Crippen LogP contribution >= 0.6 is 0 Å². The number of carbonyl (C=O) groups is 1. The van der Waals surface area contributed by atoms with Crippen LogP contribution in [0.1, 0.15) is 29.5 Å². The average molecular weight is 349 g/mol. The van der Waals surface area contributed by atoms with Crippen LogP contribution in [0.2, 0.25) is 0 Å². The van der Waals surface area contributed by atoms with E-state index in [1.165, 1.54) is 11.1 Å². The van der Waals surface area contributed by atoms with Gasteiger partial charge < -0.3 is 10.6 Å². The zero-order chi connectivity index (χ0) is 18.2. The summed E-state index contributed by atoms with van der Waals surface area (Å²) in [5.41, 5.74) is 3.65. The average Bonchev–Trinajstić information content (AvgIpc) is 2.66. The normalized spacial score (nSPS) is 15.9. The van der Waals surface area contributed by atoms with Gasteiger partial charge in [-0.1, -0.05) is 60.2 Å². The van der Waals surface area contributed by atoms with E-state index in [1.807, 2.05) is 24.3 Å². The Hall–Kier alpha value is -2.59. The molecule has 2 aromatic rings. The first-order valence-corrected chi connectivity index (χ1v) is 9.25. The standard InChI is InChI=1S/C22H27N3O/c1-18-7-9-19(10-8-18)11-14-23-22(26)24-21-12-15-25(16-13-21)17-20-5-3-2-4-6-20/h2-11,14,21H,12-13,15-17H2,1H3,(H2,23,24,26)/b14-11+. The van der Waals surface area contributed by atoms with Gasteiger partial charge >= 0.3 is 6.03 Å². The van der Waals surface area contributed by atoms with Crippen molar-refractivity contribution in [1.29, 1.82) is 0 Å². The first-order valence-electron chi connectivity index (χ1n) is 9.25. The molecule has 1 aliphatic heterocycles. The highest BCUT2D eigenvalue weighted by molar-refractivity contribution is 5.76. The van der Waals surface area contributed by atoms with Gasteiger partial charge in [-0.25, -0.2) is 4.79 Å². The third kappa shape index (κ3) is 5.74. The van der Waals surface area contributed by atoms with Crippen molar-refractivity contribution >= 4 is 12.1 Å². The molecule has 0 unspecified atom stereocenters. The fourth-order valence-electron chi connectivity index (χ4n) is 3.20. The van der Waals surface area contributed by atoms with E-state index in [2.05, 4.69) is 58.9 Å². The van der Waals surface area contributed by atoms with Gasteiger partial charge in [-0.3, -0.25) is 4.90 Å². The molecule has 1 aliphatic rings. The molecule has 2 aromatic carbocycles. The van der Waals surface area contributed by atoms with Crippen LogP contribution in [0, 0.1) is 6.92 Å². The van der Waals surface area contributed by atoms with E-state index in [-0.39, 0.29) is 12.1 Å². The second kappa shape index (κ2) is 9.20. The first kappa shape index (κ1) is 18.2. The molecule has 4 heteroatoms. The van der Waals surface area contributed by atoms with Gasteiger partial charge in [0.05, 0.1) is 0 Å². The fourth-order valence-corrected chi connectivity index (χ4v) is 3.20. The Labute approximate surface area is 155 Å². The Morgan fingerprint density at radius 1 is 1.08 bits per heavy atom. The quantitative estimate of drug-likeness (QED) is 0.859. The second-order valence-corrected chi connectivity index (χ2v) is 6.90. The summed E-state index contributed by atoms with van der Waals surface area (Å²) < 4.78 is 0. The highest BCUT2D eigenvalue weighted by atomic mass is 16.2. The van der Waals surface area contributed by atoms with E-state index in [0.717, 1.165) is 38.0 Å². The van der Waals surface area contributed by atoms with Crippen LogP contribution in [-0.2, 0) is 6.54 Å². The van der Waals surface area contributed by atoms with E-state index < -0.39 is 0 Å². The molecule has 1 saturated heterocycles. The van der Waals surface area contributed by atoms with E-state index in [9.17, 15) is 4.79 Å². The summed E-state index contributed by atoms with van der Waals surface area (Å²) in [6.07, 6.45) is 5.58. The van der Waals surface area contributed by atoms with Crippen LogP contribution in [0.15, 0.2) is 60.8 Å². The van der Waals surface area contributed by atoms with Crippen molar-refractivity contribution in [1.82, 2.24) is 15.5 Å². The molecule has 0 spiro atoms. The zero-order valence-electron chi connectivity index (χ0n) is 15.3. The van der Waals surface area contributed by atoms with Crippen LogP contribution in [0.5, 0.6) is 0 Å². The third-order valence-corrected chi connectivity index (χ3v) is 4.74. The number of hydrogen-bond acceptors (Lipinski definition) is 2. The number of hydrogen-bond donors (Lipinski definition) is 2. The molecule has 2 amide bonds. The van der Waals surface area contributed by atoms with Crippen LogP contribution in [0.25, 0.3) is 6.08 Å². The molecule has 0 radical (unpaired) electrons. The minimum atomic E-state index is -0.130. The van der Waals surface area contributed by atoms with Crippen LogP contribution in [0.3, 0.4) is 0 Å². The number of likely N-dealkylation sites (tertiary alicyclic amines) is 1. The van der Waals surface area contributed by atoms with Crippen molar-refractivity contribution in [2.45, 2.75) is 32.4 Å². The molecule has 4 nitrogen and oxygen atoms in total. The van der Waals surface area contributed by atoms with Gasteiger partial charge in [0.25, 0.3) is 0 Å². The predicted molar refractivity (Wildman–Crippen MR) is 107 cm³/mol. The van der Waals surface area contributed by atoms with Gasteiger partial charge in [0.1, 0.15) is 0 Å². The lowest BCUT2D eigenvalue weighted by molar-refractivity contribution is 0.187. The van der Waals surface area contributed by atoms with E-state index in [4.69, 9.17) is 0 Å². The number of amides is 2. The van der Waals surface area contributed by atoms with Crippen LogP contribution in [0.4, 0.5) is 4.79 Å². The van der Waals surface area contributed by atoms with Gasteiger partial charge in [-0.15, -0.1) is 0 Å². The summed E-state index contributed by atoms with van der Waals surface area (Å²) in [5.74, 6) is 0. The monoisotopic (exact) mass is 349 g/mol. The van der Waals surface area contributed by atoms with Gasteiger partial charge in [0, 0.05) is 31.9 Å². The minimum Gasteiger partial charge on any atom is -0.335 e. The van der Waals surface area contributed by atoms with Gasteiger partial charge in [-0.05, 0) is 37.0 Å². The maximum absolute atomic E-state index is 12.0. The number of aryl methyl sites for hydroxylation is 1. The number of rotatable bonds is 5. The molecule has 26 heavy (non-hydrogen) atoms. The summed E-state index contributed by atoms with van der Waals surface area (Å²) in [4.78, 5) is 14.5. The Kier molecular flexibility index (Phi) is 6.45. The summed E-state index contributed by atoms with van der Waals surface area (Å²) in [6.45, 7) is 5.07. The SMILES string of the molecule is Cc1ccc(/C=C/NC(=O)NC2CCN(Cc3ccccc3)CC2)cc1. The summed E-state index contributed by atoms with van der Waals surface area (Å²) in [7, 11) is 0. The van der Waals surface area contributed by atoms with Crippen molar-refractivity contribution in [3.05, 3.63) is 77.5 Å². The molecule has 0 aromatic heterocycles. The molecule has 2 N–H and O–H groups in total. The number of piperidine rings is 1. The number of nitrogens with zero attached hydrogens (tertiary/aromatic N) is 1. The topological polar surface area (TPSA) is 44.4 Å². The summed E-state index contributed by atoms with van der Waals surface area (Å²) >= 11 is 0. The van der Waals surface area contributed by atoms with E-state index >= 15 is 0 Å². The maximum atomic E-state index is 12.0. The highest BCUT2D eigenvalue weighted by Gasteiger charge is 2.20. The van der Waals surface area contributed by atoms with Gasteiger partial charge in [0.15, 0.2) is 0 Å². The number of nitrogens with one attached hydrogen (secondary N) is 2. The van der Waals surface area contributed by atoms with Crippen molar-refractivity contribution in [2.24, 2.45) is 0 Å². The lowest BCUT2D eigenvalue weighted by atomic mass is 10.0. The molecule has 3 rings (SSSR count). The highest BCUT2D eigenvalue weighted by Crippen LogP contribution is 2.13. The molecule has 136 valence electrons. The zero-order valence-corrected chi connectivity index (χ0v) is 15.3. The fraction of sp³-hybridized carbons (Fsp3) is 0.318. The maximum Gasteiger partial charge on any atom is 0.318 e. The smallest absolute Gasteiger partial charge is 0.318 e. The van der Waals surface area contributed by atoms with Crippen LogP contribution in [-0.4, -0.2) is 30.1 Å². The minimum absolute atomic E-state index is 0.130. The van der Waals surface area contributed by atoms with Crippen molar-refractivity contribution in [3.8, 4) is 0 Å². The van der Waals surface area contributed by atoms with E-state index in [1.54, 1.807) is 6.20 Å². The van der Waals surface area contributed by atoms with Crippen molar-refractivity contribution < 1.29 is 4.79 Å². The van der Waals surface area contributed by atoms with Gasteiger partial charge in [-0.2, -0.15) is 0 Å².